The van der Waals surface area contributed by atoms with Crippen LogP contribution in [0.5, 0.6) is 0 Å². The predicted octanol–water partition coefficient (Wildman–Crippen LogP) is 3.49. The summed E-state index contributed by atoms with van der Waals surface area (Å²) < 4.78 is 18.9. The van der Waals surface area contributed by atoms with Gasteiger partial charge in [0.1, 0.15) is 23.7 Å². The third-order valence-corrected chi connectivity index (χ3v) is 3.30. The number of hydrogen-bond acceptors (Lipinski definition) is 6. The summed E-state index contributed by atoms with van der Waals surface area (Å²) in [4.78, 5) is 12.5. The van der Waals surface area contributed by atoms with E-state index in [1.54, 1.807) is 23.9 Å². The van der Waals surface area contributed by atoms with Crippen LogP contribution < -0.4 is 5.32 Å². The van der Waals surface area contributed by atoms with E-state index in [2.05, 4.69) is 20.3 Å². The second-order valence-corrected chi connectivity index (χ2v) is 5.38. The summed E-state index contributed by atoms with van der Waals surface area (Å²) in [5.41, 5.74) is 1.68. The molecule has 1 aromatic rings. The fourth-order valence-electron chi connectivity index (χ4n) is 1.70. The average Bonchev–Trinajstić information content (AvgIpc) is 2.57. The lowest BCUT2D eigenvalue weighted by atomic mass is 10.2. The van der Waals surface area contributed by atoms with Gasteiger partial charge in [0.2, 0.25) is 0 Å². The summed E-state index contributed by atoms with van der Waals surface area (Å²) in [6, 6.07) is -0.261. The highest BCUT2D eigenvalue weighted by Crippen LogP contribution is 2.15. The molecule has 5 nitrogen and oxygen atoms in total. The lowest BCUT2D eigenvalue weighted by Crippen LogP contribution is -2.15. The molecule has 0 bridgehead atoms. The molecule has 1 aliphatic rings. The molecule has 1 N–H and O–H groups in total. The van der Waals surface area contributed by atoms with Gasteiger partial charge in [-0.15, -0.1) is 11.3 Å². The monoisotopic (exact) mass is 320 g/mol. The van der Waals surface area contributed by atoms with Gasteiger partial charge in [0, 0.05) is 6.08 Å². The second kappa shape index (κ2) is 8.23. The van der Waals surface area contributed by atoms with E-state index in [4.69, 9.17) is 4.74 Å². The average molecular weight is 320 g/mol. The third-order valence-electron chi connectivity index (χ3n) is 2.63. The fourth-order valence-corrected chi connectivity index (χ4v) is 2.08. The van der Waals surface area contributed by atoms with E-state index in [0.717, 1.165) is 5.01 Å². The van der Waals surface area contributed by atoms with Crippen LogP contribution in [0.1, 0.15) is 11.9 Å². The lowest BCUT2D eigenvalue weighted by molar-refractivity contribution is 0.240. The molecule has 7 heteroatoms. The Bertz CT molecular complexity index is 653. The molecule has 1 unspecified atom stereocenters. The summed E-state index contributed by atoms with van der Waals surface area (Å²) in [6.07, 6.45) is 9.26. The zero-order valence-corrected chi connectivity index (χ0v) is 13.2. The van der Waals surface area contributed by atoms with Crippen LogP contribution in [-0.2, 0) is 4.74 Å². The summed E-state index contributed by atoms with van der Waals surface area (Å²) in [7, 11) is 0. The Morgan fingerprint density at radius 2 is 2.27 bits per heavy atom. The van der Waals surface area contributed by atoms with Gasteiger partial charge in [-0.25, -0.2) is 14.4 Å². The largest absolute Gasteiger partial charge is 0.494 e. The van der Waals surface area contributed by atoms with Crippen LogP contribution in [0.25, 0.3) is 0 Å². The van der Waals surface area contributed by atoms with Gasteiger partial charge in [-0.1, -0.05) is 6.08 Å². The van der Waals surface area contributed by atoms with Crippen molar-refractivity contribution in [3.8, 4) is 0 Å². The molecular formula is C15H17FN4OS. The van der Waals surface area contributed by atoms with Crippen molar-refractivity contribution in [2.75, 3.05) is 11.9 Å². The van der Waals surface area contributed by atoms with Crippen molar-refractivity contribution in [1.82, 2.24) is 15.0 Å². The molecule has 0 saturated carbocycles. The highest BCUT2D eigenvalue weighted by Gasteiger charge is 2.09. The van der Waals surface area contributed by atoms with Crippen LogP contribution in [0.2, 0.25) is 0 Å². The van der Waals surface area contributed by atoms with Crippen LogP contribution >= 0.6 is 11.3 Å². The minimum atomic E-state index is -0.356. The molecule has 0 saturated heterocycles. The van der Waals surface area contributed by atoms with E-state index in [-0.39, 0.29) is 11.9 Å². The Labute approximate surface area is 132 Å². The van der Waals surface area contributed by atoms with Crippen molar-refractivity contribution in [1.29, 1.82) is 0 Å². The second-order valence-electron chi connectivity index (χ2n) is 4.34. The quantitative estimate of drug-likeness (QED) is 0.920. The topological polar surface area (TPSA) is 59.9 Å². The van der Waals surface area contributed by atoms with Gasteiger partial charge in [-0.05, 0) is 26.0 Å². The van der Waals surface area contributed by atoms with Crippen LogP contribution in [-0.4, -0.2) is 27.6 Å². The first-order valence-electron chi connectivity index (χ1n) is 6.79. The van der Waals surface area contributed by atoms with Crippen LogP contribution in [0.4, 0.5) is 10.2 Å². The van der Waals surface area contributed by atoms with E-state index in [1.165, 1.54) is 29.8 Å². The Balaban J connectivity index is 2.23. The molecule has 0 fully saturated rings. The number of allylic oxidation sites excluding steroid dienone is 3. The zero-order chi connectivity index (χ0) is 15.8. The van der Waals surface area contributed by atoms with Crippen LogP contribution in [0.15, 0.2) is 53.9 Å². The van der Waals surface area contributed by atoms with Gasteiger partial charge in [-0.2, -0.15) is 0 Å². The number of hydrogen-bond donors (Lipinski definition) is 1. The molecule has 1 aliphatic carbocycles. The highest BCUT2D eigenvalue weighted by atomic mass is 32.1. The summed E-state index contributed by atoms with van der Waals surface area (Å²) in [5.74, 6) is 0.646. The molecule has 1 aromatic heterocycles. The molecule has 1 atom stereocenters. The highest BCUT2D eigenvalue weighted by molar-refractivity contribution is 7.08. The molecule has 0 radical (unpaired) electrons. The first-order chi connectivity index (χ1) is 10.7. The van der Waals surface area contributed by atoms with Gasteiger partial charge >= 0.3 is 0 Å². The molecule has 1 heterocycles. The Kier molecular flexibility index (Phi) is 6.02. The van der Waals surface area contributed by atoms with Crippen molar-refractivity contribution >= 4 is 17.2 Å². The molecule has 0 aliphatic heterocycles. The van der Waals surface area contributed by atoms with E-state index in [9.17, 15) is 4.39 Å². The van der Waals surface area contributed by atoms with Gasteiger partial charge in [-0.3, -0.25) is 4.98 Å². The van der Waals surface area contributed by atoms with Crippen LogP contribution in [0.3, 0.4) is 0 Å². The fraction of sp³-hybridized carbons (Fsp3) is 0.267. The molecule has 0 aromatic carbocycles. The van der Waals surface area contributed by atoms with Crippen molar-refractivity contribution in [3.05, 3.63) is 58.9 Å². The number of nitrogens with zero attached hydrogens (tertiary/aromatic N) is 3. The van der Waals surface area contributed by atoms with E-state index < -0.39 is 0 Å². The smallest absolute Gasteiger partial charge is 0.147 e. The van der Waals surface area contributed by atoms with E-state index >= 15 is 0 Å². The SMILES string of the molecule is CCOC1=CC(Nc2cncsc(C)ncn2)C=CC(F)=C1. The zero-order valence-electron chi connectivity index (χ0n) is 12.4. The first kappa shape index (κ1) is 16.1. The molecule has 2 rings (SSSR count). The molecule has 22 heavy (non-hydrogen) atoms. The number of aryl methyl sites for hydroxylation is 1. The normalized spacial score (nSPS) is 17.0. The number of anilines is 1. The minimum Gasteiger partial charge on any atom is -0.494 e. The lowest BCUT2D eigenvalue weighted by Gasteiger charge is -2.11. The van der Waals surface area contributed by atoms with Crippen molar-refractivity contribution in [2.24, 2.45) is 0 Å². The maximum atomic E-state index is 13.5. The predicted molar refractivity (Wildman–Crippen MR) is 85.5 cm³/mol. The van der Waals surface area contributed by atoms with Gasteiger partial charge in [0.15, 0.2) is 0 Å². The Hall–Kier alpha value is -2.28. The minimum absolute atomic E-state index is 0.261. The Morgan fingerprint density at radius 3 is 3.09 bits per heavy atom. The molecule has 0 spiro atoms. The van der Waals surface area contributed by atoms with E-state index in [0.29, 0.717) is 18.2 Å². The van der Waals surface area contributed by atoms with Crippen molar-refractivity contribution in [3.63, 3.8) is 0 Å². The van der Waals surface area contributed by atoms with Crippen molar-refractivity contribution < 1.29 is 9.13 Å². The number of ether oxygens (including phenoxy) is 1. The summed E-state index contributed by atoms with van der Waals surface area (Å²) >= 11 is 1.42. The van der Waals surface area contributed by atoms with Crippen LogP contribution in [0, 0.1) is 6.92 Å². The summed E-state index contributed by atoms with van der Waals surface area (Å²) in [6.45, 7) is 4.20. The summed E-state index contributed by atoms with van der Waals surface area (Å²) in [5, 5.41) is 3.99. The number of nitrogens with one attached hydrogen (secondary N) is 1. The maximum Gasteiger partial charge on any atom is 0.147 e. The van der Waals surface area contributed by atoms with Crippen molar-refractivity contribution in [2.45, 2.75) is 19.9 Å². The Morgan fingerprint density at radius 1 is 1.41 bits per heavy atom. The van der Waals surface area contributed by atoms with Gasteiger partial charge in [0.25, 0.3) is 0 Å². The standard InChI is InChI=1S/C15H17FN4OS/c1-3-21-14-6-12(16)4-5-13(7-14)20-15-8-17-10-22-11(2)18-9-19-15/h4-10,13,20H,3H2,1-2H3. The van der Waals surface area contributed by atoms with Gasteiger partial charge < -0.3 is 10.1 Å². The maximum absolute atomic E-state index is 13.5. The third kappa shape index (κ3) is 5.25. The molecular weight excluding hydrogens is 303 g/mol. The first-order valence-corrected chi connectivity index (χ1v) is 7.67. The molecule has 116 valence electrons. The number of rotatable bonds is 4. The number of halogens is 1. The number of aromatic nitrogens is 3. The van der Waals surface area contributed by atoms with Gasteiger partial charge in [0.05, 0.1) is 29.4 Å². The van der Waals surface area contributed by atoms with E-state index in [1.807, 2.05) is 13.8 Å². The molecule has 0 amide bonds.